The van der Waals surface area contributed by atoms with Gasteiger partial charge in [0.05, 0.1) is 25.1 Å². The molecular formula is C13H18BrN3O3. The van der Waals surface area contributed by atoms with Crippen LogP contribution in [0.1, 0.15) is 12.8 Å². The van der Waals surface area contributed by atoms with Crippen LogP contribution in [0.3, 0.4) is 0 Å². The van der Waals surface area contributed by atoms with Crippen LogP contribution in [0.15, 0.2) is 15.5 Å². The molecule has 20 heavy (non-hydrogen) atoms. The van der Waals surface area contributed by atoms with Gasteiger partial charge < -0.3 is 14.4 Å². The van der Waals surface area contributed by atoms with Crippen molar-refractivity contribution in [1.82, 2.24) is 9.78 Å². The number of nitrogens with zero attached hydrogens (tertiary/aromatic N) is 3. The van der Waals surface area contributed by atoms with Gasteiger partial charge in [0.25, 0.3) is 5.56 Å². The summed E-state index contributed by atoms with van der Waals surface area (Å²) in [6.07, 6.45) is 3.75. The Bertz CT molecular complexity index is 549. The van der Waals surface area contributed by atoms with Crippen LogP contribution in [0.2, 0.25) is 0 Å². The highest BCUT2D eigenvalue weighted by Crippen LogP contribution is 2.31. The molecule has 1 aromatic rings. The Morgan fingerprint density at radius 3 is 3.05 bits per heavy atom. The SMILES string of the molecule is Cn1ncc(N2CCOC3(CCCOC3)C2)c(Br)c1=O. The molecule has 2 fully saturated rings. The molecule has 3 heterocycles. The van der Waals surface area contributed by atoms with Gasteiger partial charge in [0.2, 0.25) is 0 Å². The summed E-state index contributed by atoms with van der Waals surface area (Å²) < 4.78 is 13.4. The topological polar surface area (TPSA) is 56.6 Å². The van der Waals surface area contributed by atoms with E-state index in [1.54, 1.807) is 13.2 Å². The first-order valence-corrected chi connectivity index (χ1v) is 7.59. The monoisotopic (exact) mass is 343 g/mol. The highest BCUT2D eigenvalue weighted by molar-refractivity contribution is 9.10. The van der Waals surface area contributed by atoms with Crippen LogP contribution in [0.4, 0.5) is 5.69 Å². The Labute approximate surface area is 125 Å². The molecule has 7 heteroatoms. The summed E-state index contributed by atoms with van der Waals surface area (Å²) in [5.74, 6) is 0. The number of rotatable bonds is 1. The maximum atomic E-state index is 12.0. The molecule has 0 aliphatic carbocycles. The fraction of sp³-hybridized carbons (Fsp3) is 0.692. The molecule has 0 saturated carbocycles. The minimum atomic E-state index is -0.239. The quantitative estimate of drug-likeness (QED) is 0.759. The Morgan fingerprint density at radius 1 is 1.45 bits per heavy atom. The molecule has 6 nitrogen and oxygen atoms in total. The molecule has 1 aromatic heterocycles. The maximum Gasteiger partial charge on any atom is 0.282 e. The van der Waals surface area contributed by atoms with Crippen LogP contribution in [0.5, 0.6) is 0 Å². The second-order valence-electron chi connectivity index (χ2n) is 5.38. The van der Waals surface area contributed by atoms with Crippen LogP contribution in [0, 0.1) is 0 Å². The molecule has 0 bridgehead atoms. The molecule has 1 spiro atoms. The molecule has 110 valence electrons. The third-order valence-corrected chi connectivity index (χ3v) is 4.68. The van der Waals surface area contributed by atoms with Gasteiger partial charge in [-0.1, -0.05) is 0 Å². The van der Waals surface area contributed by atoms with Gasteiger partial charge in [0.15, 0.2) is 0 Å². The lowest BCUT2D eigenvalue weighted by molar-refractivity contribution is -0.133. The number of hydrogen-bond donors (Lipinski definition) is 0. The van der Waals surface area contributed by atoms with E-state index in [-0.39, 0.29) is 11.2 Å². The Balaban J connectivity index is 1.87. The van der Waals surface area contributed by atoms with Crippen molar-refractivity contribution in [3.63, 3.8) is 0 Å². The van der Waals surface area contributed by atoms with Crippen LogP contribution in [0.25, 0.3) is 0 Å². The fourth-order valence-electron chi connectivity index (χ4n) is 2.84. The summed E-state index contributed by atoms with van der Waals surface area (Å²) >= 11 is 3.39. The van der Waals surface area contributed by atoms with E-state index in [4.69, 9.17) is 9.47 Å². The lowest BCUT2D eigenvalue weighted by atomic mass is 9.94. The van der Waals surface area contributed by atoms with Gasteiger partial charge >= 0.3 is 0 Å². The average Bonchev–Trinajstić information content (AvgIpc) is 2.46. The van der Waals surface area contributed by atoms with E-state index < -0.39 is 0 Å². The number of halogens is 1. The zero-order valence-electron chi connectivity index (χ0n) is 11.5. The first kappa shape index (κ1) is 14.0. The van der Waals surface area contributed by atoms with Crippen molar-refractivity contribution in [2.75, 3.05) is 37.8 Å². The zero-order valence-corrected chi connectivity index (χ0v) is 13.1. The Kier molecular flexibility index (Phi) is 3.83. The molecule has 2 saturated heterocycles. The molecule has 0 N–H and O–H groups in total. The summed E-state index contributed by atoms with van der Waals surface area (Å²) in [6.45, 7) is 3.57. The van der Waals surface area contributed by atoms with Gasteiger partial charge in [-0.15, -0.1) is 0 Å². The lowest BCUT2D eigenvalue weighted by Crippen LogP contribution is -2.56. The molecular weight excluding hydrogens is 326 g/mol. The molecule has 2 aliphatic heterocycles. The normalized spacial score (nSPS) is 27.0. The third kappa shape index (κ3) is 2.49. The van der Waals surface area contributed by atoms with Crippen molar-refractivity contribution < 1.29 is 9.47 Å². The van der Waals surface area contributed by atoms with Gasteiger partial charge in [-0.25, -0.2) is 4.68 Å². The highest BCUT2D eigenvalue weighted by Gasteiger charge is 2.39. The standard InChI is InChI=1S/C13H18BrN3O3/c1-16-12(18)11(14)10(7-15-16)17-4-6-20-13(8-17)3-2-5-19-9-13/h7H,2-6,8-9H2,1H3. The average molecular weight is 344 g/mol. The van der Waals surface area contributed by atoms with Crippen LogP contribution in [-0.2, 0) is 16.5 Å². The summed E-state index contributed by atoms with van der Waals surface area (Å²) in [6, 6.07) is 0. The number of ether oxygens (including phenoxy) is 2. The predicted molar refractivity (Wildman–Crippen MR) is 78.1 cm³/mol. The molecule has 1 unspecified atom stereocenters. The van der Waals surface area contributed by atoms with Crippen molar-refractivity contribution in [1.29, 1.82) is 0 Å². The molecule has 0 aromatic carbocycles. The minimum absolute atomic E-state index is 0.122. The second kappa shape index (κ2) is 5.46. The molecule has 1 atom stereocenters. The summed E-state index contributed by atoms with van der Waals surface area (Å²) in [7, 11) is 1.65. The number of morpholine rings is 1. The number of aromatic nitrogens is 2. The highest BCUT2D eigenvalue weighted by atomic mass is 79.9. The van der Waals surface area contributed by atoms with Crippen LogP contribution >= 0.6 is 15.9 Å². The van der Waals surface area contributed by atoms with E-state index in [2.05, 4.69) is 25.9 Å². The minimum Gasteiger partial charge on any atom is -0.378 e. The largest absolute Gasteiger partial charge is 0.378 e. The number of aryl methyl sites for hydroxylation is 1. The Hall–Kier alpha value is -0.920. The van der Waals surface area contributed by atoms with Gasteiger partial charge in [-0.2, -0.15) is 5.10 Å². The van der Waals surface area contributed by atoms with E-state index in [1.165, 1.54) is 4.68 Å². The molecule has 3 rings (SSSR count). The van der Waals surface area contributed by atoms with E-state index >= 15 is 0 Å². The van der Waals surface area contributed by atoms with Crippen molar-refractivity contribution in [3.05, 3.63) is 21.0 Å². The molecule has 0 radical (unpaired) electrons. The molecule has 0 amide bonds. The van der Waals surface area contributed by atoms with Crippen molar-refractivity contribution in [2.24, 2.45) is 7.05 Å². The summed E-state index contributed by atoms with van der Waals surface area (Å²) in [5, 5.41) is 4.11. The molecule has 2 aliphatic rings. The van der Waals surface area contributed by atoms with E-state index in [9.17, 15) is 4.79 Å². The van der Waals surface area contributed by atoms with Crippen molar-refractivity contribution in [3.8, 4) is 0 Å². The fourth-order valence-corrected chi connectivity index (χ4v) is 3.45. The number of hydrogen-bond acceptors (Lipinski definition) is 5. The number of anilines is 1. The van der Waals surface area contributed by atoms with Gasteiger partial charge in [-0.05, 0) is 28.8 Å². The first-order chi connectivity index (χ1) is 9.61. The summed E-state index contributed by atoms with van der Waals surface area (Å²) in [5.41, 5.74) is 0.473. The maximum absolute atomic E-state index is 12.0. The predicted octanol–water partition coefficient (Wildman–Crippen LogP) is 0.929. The summed E-state index contributed by atoms with van der Waals surface area (Å²) in [4.78, 5) is 14.1. The van der Waals surface area contributed by atoms with E-state index in [1.807, 2.05) is 0 Å². The van der Waals surface area contributed by atoms with Gasteiger partial charge in [-0.3, -0.25) is 4.79 Å². The van der Waals surface area contributed by atoms with Gasteiger partial charge in [0.1, 0.15) is 10.1 Å². The van der Waals surface area contributed by atoms with Crippen molar-refractivity contribution in [2.45, 2.75) is 18.4 Å². The third-order valence-electron chi connectivity index (χ3n) is 3.94. The smallest absolute Gasteiger partial charge is 0.282 e. The van der Waals surface area contributed by atoms with E-state index in [0.717, 1.165) is 38.2 Å². The second-order valence-corrected chi connectivity index (χ2v) is 6.17. The lowest BCUT2D eigenvalue weighted by Gasteiger charge is -2.45. The Morgan fingerprint density at radius 2 is 2.30 bits per heavy atom. The first-order valence-electron chi connectivity index (χ1n) is 6.80. The zero-order chi connectivity index (χ0) is 14.2. The van der Waals surface area contributed by atoms with Crippen molar-refractivity contribution >= 4 is 21.6 Å². The van der Waals surface area contributed by atoms with Crippen LogP contribution < -0.4 is 10.5 Å². The van der Waals surface area contributed by atoms with E-state index in [0.29, 0.717) is 17.7 Å². The van der Waals surface area contributed by atoms with Gasteiger partial charge in [0, 0.05) is 26.7 Å². The van der Waals surface area contributed by atoms with Crippen LogP contribution in [-0.4, -0.2) is 48.3 Å².